The first-order valence-electron chi connectivity index (χ1n) is 17.7. The number of hydrogen-bond donors (Lipinski definition) is 3. The van der Waals surface area contributed by atoms with Gasteiger partial charge in [-0.05, 0) is 51.4 Å². The van der Waals surface area contributed by atoms with E-state index < -0.39 is 51.1 Å². The van der Waals surface area contributed by atoms with Gasteiger partial charge in [0.1, 0.15) is 12.6 Å². The number of phosphoric ester groups is 1. The molecule has 48 heavy (non-hydrogen) atoms. The molecule has 0 heterocycles. The minimum Gasteiger partial charge on any atom is -0.480 e. The molecule has 0 aromatic heterocycles. The molecule has 0 amide bonds. The number of ether oxygens (including phenoxy) is 2. The second kappa shape index (κ2) is 31.7. The van der Waals surface area contributed by atoms with Crippen molar-refractivity contribution in [3.05, 3.63) is 48.6 Å². The Kier molecular flexibility index (Phi) is 30.0. The van der Waals surface area contributed by atoms with E-state index in [0.717, 1.165) is 51.4 Å². The van der Waals surface area contributed by atoms with Crippen molar-refractivity contribution in [3.8, 4) is 0 Å². The van der Waals surface area contributed by atoms with Crippen molar-refractivity contribution in [1.82, 2.24) is 0 Å². The number of carboxylic acids is 1. The molecule has 3 unspecified atom stereocenters. The molecule has 11 nitrogen and oxygen atoms in total. The number of aliphatic carboxylic acids is 1. The Labute approximate surface area is 288 Å². The van der Waals surface area contributed by atoms with Crippen molar-refractivity contribution in [2.75, 3.05) is 19.8 Å². The molecule has 0 aliphatic rings. The van der Waals surface area contributed by atoms with Crippen LogP contribution < -0.4 is 5.73 Å². The highest BCUT2D eigenvalue weighted by molar-refractivity contribution is 7.47. The minimum atomic E-state index is -4.69. The van der Waals surface area contributed by atoms with Crippen LogP contribution in [0, 0.1) is 0 Å². The van der Waals surface area contributed by atoms with E-state index in [-0.39, 0.29) is 19.4 Å². The van der Waals surface area contributed by atoms with E-state index in [1.54, 1.807) is 6.92 Å². The maximum atomic E-state index is 12.4. The molecule has 0 aliphatic heterocycles. The standard InChI is InChI=1S/C36H62NO10P/c1-3-5-6-7-8-9-10-11-12-13-14-15-16-17-18-19-20-21-22-23-24-25-26-28-35(39)47-32(29-44-34(38)27-4-2)30-45-48(42,43)46-31-33(37)36(40)41/h5-6,8-9,11-12,14-15,32-33H,3-4,7,10,13,16-31,37H2,1-2H3,(H,40,41)(H,42,43)/b6-5-,9-8-,12-11-,15-14-. The van der Waals surface area contributed by atoms with Gasteiger partial charge in [0.25, 0.3) is 0 Å². The van der Waals surface area contributed by atoms with Crippen LogP contribution >= 0.6 is 7.82 Å². The summed E-state index contributed by atoms with van der Waals surface area (Å²) < 4.78 is 31.9. The van der Waals surface area contributed by atoms with Gasteiger partial charge in [-0.3, -0.25) is 23.4 Å². The predicted octanol–water partition coefficient (Wildman–Crippen LogP) is 8.27. The molecule has 0 aromatic rings. The van der Waals surface area contributed by atoms with Crippen molar-refractivity contribution < 1.29 is 47.5 Å². The van der Waals surface area contributed by atoms with Crippen molar-refractivity contribution in [2.24, 2.45) is 5.73 Å². The van der Waals surface area contributed by atoms with Crippen molar-refractivity contribution in [3.63, 3.8) is 0 Å². The number of carbonyl (C=O) groups excluding carboxylic acids is 2. The lowest BCUT2D eigenvalue weighted by molar-refractivity contribution is -0.161. The minimum absolute atomic E-state index is 0.152. The highest BCUT2D eigenvalue weighted by Gasteiger charge is 2.28. The molecule has 4 N–H and O–H groups in total. The number of hydrogen-bond acceptors (Lipinski definition) is 9. The normalized spacial score (nSPS) is 14.6. The average Bonchev–Trinajstić information content (AvgIpc) is 3.05. The van der Waals surface area contributed by atoms with Gasteiger partial charge < -0.3 is 25.2 Å². The Morgan fingerprint density at radius 3 is 1.71 bits per heavy atom. The molecule has 276 valence electrons. The number of rotatable bonds is 32. The van der Waals surface area contributed by atoms with E-state index in [2.05, 4.69) is 60.1 Å². The summed E-state index contributed by atoms with van der Waals surface area (Å²) in [4.78, 5) is 44.7. The van der Waals surface area contributed by atoms with Crippen LogP contribution in [0.3, 0.4) is 0 Å². The molecular weight excluding hydrogens is 637 g/mol. The maximum Gasteiger partial charge on any atom is 0.472 e. The first kappa shape index (κ1) is 45.4. The average molecular weight is 700 g/mol. The quantitative estimate of drug-likeness (QED) is 0.0267. The molecule has 0 fully saturated rings. The lowest BCUT2D eigenvalue weighted by Gasteiger charge is -2.20. The van der Waals surface area contributed by atoms with Gasteiger partial charge in [0.15, 0.2) is 6.10 Å². The number of phosphoric acid groups is 1. The number of allylic oxidation sites excluding steroid dienone is 8. The van der Waals surface area contributed by atoms with Crippen LogP contribution in [-0.4, -0.2) is 59.9 Å². The number of carboxylic acid groups (broad SMARTS) is 1. The van der Waals surface area contributed by atoms with Crippen molar-refractivity contribution in [2.45, 2.75) is 142 Å². The smallest absolute Gasteiger partial charge is 0.472 e. The van der Waals surface area contributed by atoms with Crippen molar-refractivity contribution in [1.29, 1.82) is 0 Å². The zero-order chi connectivity index (χ0) is 35.7. The monoisotopic (exact) mass is 699 g/mol. The van der Waals surface area contributed by atoms with E-state index in [9.17, 15) is 23.8 Å². The SMILES string of the molecule is CC/C=C\C/C=C\C/C=C\C/C=C\CCCCCCCCCCCCC(=O)OC(COC(=O)CCC)COP(=O)(O)OCC(N)C(=O)O. The van der Waals surface area contributed by atoms with Gasteiger partial charge in [-0.25, -0.2) is 4.57 Å². The van der Waals surface area contributed by atoms with E-state index >= 15 is 0 Å². The molecule has 12 heteroatoms. The van der Waals surface area contributed by atoms with Crippen LogP contribution in [0.2, 0.25) is 0 Å². The van der Waals surface area contributed by atoms with Crippen LogP contribution in [-0.2, 0) is 37.5 Å². The highest BCUT2D eigenvalue weighted by atomic mass is 31.2. The van der Waals surface area contributed by atoms with Crippen LogP contribution in [0.15, 0.2) is 48.6 Å². The summed E-state index contributed by atoms with van der Waals surface area (Å²) in [6.45, 7) is 2.24. The van der Waals surface area contributed by atoms with E-state index in [0.29, 0.717) is 12.8 Å². The molecule has 0 aliphatic carbocycles. The van der Waals surface area contributed by atoms with Crippen molar-refractivity contribution >= 4 is 25.7 Å². The Morgan fingerprint density at radius 2 is 1.17 bits per heavy atom. The van der Waals surface area contributed by atoms with E-state index in [4.69, 9.17) is 24.8 Å². The van der Waals surface area contributed by atoms with Crippen LogP contribution in [0.1, 0.15) is 129 Å². The van der Waals surface area contributed by atoms with E-state index in [1.165, 1.54) is 38.5 Å². The van der Waals surface area contributed by atoms with Gasteiger partial charge in [0.2, 0.25) is 0 Å². The fourth-order valence-electron chi connectivity index (χ4n) is 4.33. The third kappa shape index (κ3) is 30.8. The molecular formula is C36H62NO10P. The topological polar surface area (TPSA) is 172 Å². The van der Waals surface area contributed by atoms with Gasteiger partial charge in [-0.1, -0.05) is 114 Å². The third-order valence-electron chi connectivity index (χ3n) is 7.06. The zero-order valence-corrected chi connectivity index (χ0v) is 30.2. The largest absolute Gasteiger partial charge is 0.480 e. The van der Waals surface area contributed by atoms with Crippen LogP contribution in [0.4, 0.5) is 0 Å². The number of nitrogens with two attached hydrogens (primary N) is 1. The molecule has 0 spiro atoms. The summed E-state index contributed by atoms with van der Waals surface area (Å²) in [6.07, 6.45) is 33.8. The second-order valence-corrected chi connectivity index (χ2v) is 13.1. The molecule has 3 atom stereocenters. The predicted molar refractivity (Wildman–Crippen MR) is 189 cm³/mol. The molecule has 0 aromatic carbocycles. The lowest BCUT2D eigenvalue weighted by Crippen LogP contribution is -2.34. The summed E-state index contributed by atoms with van der Waals surface area (Å²) in [6, 6.07) is -1.52. The van der Waals surface area contributed by atoms with Crippen LogP contribution in [0.5, 0.6) is 0 Å². The third-order valence-corrected chi connectivity index (χ3v) is 8.01. The maximum absolute atomic E-state index is 12.4. The molecule has 0 saturated heterocycles. The van der Waals surface area contributed by atoms with Gasteiger partial charge in [-0.2, -0.15) is 0 Å². The summed E-state index contributed by atoms with van der Waals surface area (Å²) in [5, 5.41) is 8.77. The van der Waals surface area contributed by atoms with Gasteiger partial charge in [-0.15, -0.1) is 0 Å². The molecule has 0 radical (unpaired) electrons. The highest BCUT2D eigenvalue weighted by Crippen LogP contribution is 2.43. The number of esters is 2. The first-order valence-corrected chi connectivity index (χ1v) is 19.2. The lowest BCUT2D eigenvalue weighted by atomic mass is 10.0. The summed E-state index contributed by atoms with van der Waals surface area (Å²) in [7, 11) is -4.69. The summed E-state index contributed by atoms with van der Waals surface area (Å²) in [5.74, 6) is -2.46. The Bertz CT molecular complexity index is 1010. The Hall–Kier alpha value is -2.56. The molecule has 0 rings (SSSR count). The summed E-state index contributed by atoms with van der Waals surface area (Å²) >= 11 is 0. The number of unbranched alkanes of at least 4 members (excludes halogenated alkanes) is 10. The summed E-state index contributed by atoms with van der Waals surface area (Å²) in [5.41, 5.74) is 5.26. The van der Waals surface area contributed by atoms with Crippen LogP contribution in [0.25, 0.3) is 0 Å². The fraction of sp³-hybridized carbons (Fsp3) is 0.694. The Morgan fingerprint density at radius 1 is 0.667 bits per heavy atom. The molecule has 0 bridgehead atoms. The fourth-order valence-corrected chi connectivity index (χ4v) is 5.11. The Balaban J connectivity index is 4.01. The second-order valence-electron chi connectivity index (χ2n) is 11.6. The van der Waals surface area contributed by atoms with Gasteiger partial charge >= 0.3 is 25.7 Å². The van der Waals surface area contributed by atoms with E-state index in [1.807, 2.05) is 0 Å². The van der Waals surface area contributed by atoms with Gasteiger partial charge in [0.05, 0.1) is 13.2 Å². The first-order chi connectivity index (χ1) is 23.1. The molecule has 0 saturated carbocycles. The van der Waals surface area contributed by atoms with Gasteiger partial charge in [0, 0.05) is 12.8 Å². The zero-order valence-electron chi connectivity index (χ0n) is 29.3. The number of carbonyl (C=O) groups is 3.